The summed E-state index contributed by atoms with van der Waals surface area (Å²) >= 11 is 0. The zero-order chi connectivity index (χ0) is 13.0. The van der Waals surface area contributed by atoms with Crippen LogP contribution < -0.4 is 4.90 Å². The van der Waals surface area contributed by atoms with E-state index in [1.807, 2.05) is 0 Å². The summed E-state index contributed by atoms with van der Waals surface area (Å²) < 4.78 is 0. The summed E-state index contributed by atoms with van der Waals surface area (Å²) in [4.78, 5) is 2.58. The maximum absolute atomic E-state index is 2.58. The summed E-state index contributed by atoms with van der Waals surface area (Å²) in [5.74, 6) is 2.24. The Hall–Kier alpha value is -0.980. The van der Waals surface area contributed by atoms with Crippen LogP contribution in [0.4, 0.5) is 5.69 Å². The van der Waals surface area contributed by atoms with Gasteiger partial charge in [-0.2, -0.15) is 0 Å². The average molecular weight is 243 g/mol. The van der Waals surface area contributed by atoms with Gasteiger partial charge in [-0.25, -0.2) is 0 Å². The van der Waals surface area contributed by atoms with Crippen LogP contribution in [0.15, 0.2) is 12.1 Å². The predicted molar refractivity (Wildman–Crippen MR) is 78.6 cm³/mol. The van der Waals surface area contributed by atoms with Gasteiger partial charge in [0.05, 0.1) is 0 Å². The Kier molecular flexibility index (Phi) is 2.69. The normalized spacial score (nSPS) is 33.7. The lowest BCUT2D eigenvalue weighted by molar-refractivity contribution is 0.530. The number of likely N-dealkylation sites (N-methyl/N-ethyl adjacent to an activating group) is 1. The van der Waals surface area contributed by atoms with Crippen LogP contribution in [0.25, 0.3) is 0 Å². The van der Waals surface area contributed by atoms with Gasteiger partial charge in [0, 0.05) is 24.2 Å². The van der Waals surface area contributed by atoms with Crippen molar-refractivity contribution in [1.29, 1.82) is 0 Å². The highest BCUT2D eigenvalue weighted by atomic mass is 15.2. The van der Waals surface area contributed by atoms with Crippen LogP contribution in [-0.2, 0) is 6.42 Å². The Morgan fingerprint density at radius 3 is 2.50 bits per heavy atom. The van der Waals surface area contributed by atoms with Crippen molar-refractivity contribution < 1.29 is 0 Å². The van der Waals surface area contributed by atoms with E-state index in [0.29, 0.717) is 12.0 Å². The minimum atomic E-state index is 0.655. The molecule has 0 amide bonds. The third-order valence-electron chi connectivity index (χ3n) is 5.56. The van der Waals surface area contributed by atoms with Gasteiger partial charge in [-0.1, -0.05) is 26.8 Å². The van der Waals surface area contributed by atoms with Crippen LogP contribution in [0.5, 0.6) is 0 Å². The van der Waals surface area contributed by atoms with Crippen LogP contribution >= 0.6 is 0 Å². The summed E-state index contributed by atoms with van der Waals surface area (Å²) in [6, 6.07) is 5.44. The monoisotopic (exact) mass is 243 g/mol. The maximum Gasteiger partial charge on any atom is 0.0407 e. The van der Waals surface area contributed by atoms with Crippen LogP contribution in [0.1, 0.15) is 63.1 Å². The first-order valence-electron chi connectivity index (χ1n) is 7.48. The van der Waals surface area contributed by atoms with E-state index in [4.69, 9.17) is 0 Å². The van der Waals surface area contributed by atoms with Gasteiger partial charge < -0.3 is 4.90 Å². The lowest BCUT2D eigenvalue weighted by Gasteiger charge is -2.24. The molecule has 3 rings (SSSR count). The molecule has 1 nitrogen and oxygen atoms in total. The topological polar surface area (TPSA) is 3.24 Å². The zero-order valence-electron chi connectivity index (χ0n) is 12.3. The summed E-state index contributed by atoms with van der Waals surface area (Å²) in [6.45, 7) is 13.0. The Balaban J connectivity index is 2.16. The summed E-state index contributed by atoms with van der Waals surface area (Å²) in [7, 11) is 0. The smallest absolute Gasteiger partial charge is 0.0407 e. The second-order valence-corrected chi connectivity index (χ2v) is 6.35. The maximum atomic E-state index is 2.58. The first-order chi connectivity index (χ1) is 8.56. The molecule has 1 aliphatic carbocycles. The molecule has 1 heteroatoms. The highest BCUT2D eigenvalue weighted by Gasteiger charge is 2.38. The molecule has 0 aromatic heterocycles. The highest BCUT2D eigenvalue weighted by molar-refractivity contribution is 5.67. The van der Waals surface area contributed by atoms with Gasteiger partial charge in [0.15, 0.2) is 0 Å². The number of hydrogen-bond acceptors (Lipinski definition) is 1. The third kappa shape index (κ3) is 1.39. The first kappa shape index (κ1) is 12.1. The standard InChI is InChI=1S/C17H25N/c1-6-18-13(5)12(4)17-15-9-10(2)11(3)14(15)7-8-16(17)18/h7-8,10-13H,6,9H2,1-5H3/t10-,11-,12-,13+/m1/s1. The largest absolute Gasteiger partial charge is 0.368 e. The zero-order valence-corrected chi connectivity index (χ0v) is 12.3. The first-order valence-corrected chi connectivity index (χ1v) is 7.48. The van der Waals surface area contributed by atoms with Gasteiger partial charge in [-0.05, 0) is 54.9 Å². The molecular weight excluding hydrogens is 218 g/mol. The van der Waals surface area contributed by atoms with Gasteiger partial charge in [0.1, 0.15) is 0 Å². The Morgan fingerprint density at radius 1 is 1.11 bits per heavy atom. The predicted octanol–water partition coefficient (Wildman–Crippen LogP) is 4.31. The summed E-state index contributed by atoms with van der Waals surface area (Å²) in [6.07, 6.45) is 1.29. The van der Waals surface area contributed by atoms with Crippen molar-refractivity contribution in [1.82, 2.24) is 0 Å². The van der Waals surface area contributed by atoms with Crippen molar-refractivity contribution in [2.75, 3.05) is 11.4 Å². The van der Waals surface area contributed by atoms with Gasteiger partial charge >= 0.3 is 0 Å². The molecule has 1 aromatic carbocycles. The van der Waals surface area contributed by atoms with E-state index in [0.717, 1.165) is 18.4 Å². The molecule has 0 bridgehead atoms. The molecule has 18 heavy (non-hydrogen) atoms. The molecule has 1 aliphatic heterocycles. The molecule has 2 aliphatic rings. The third-order valence-corrected chi connectivity index (χ3v) is 5.56. The van der Waals surface area contributed by atoms with Gasteiger partial charge in [-0.3, -0.25) is 0 Å². The van der Waals surface area contributed by atoms with E-state index in [9.17, 15) is 0 Å². The fourth-order valence-electron chi connectivity index (χ4n) is 4.08. The van der Waals surface area contributed by atoms with Crippen molar-refractivity contribution in [3.8, 4) is 0 Å². The Morgan fingerprint density at radius 2 is 1.83 bits per heavy atom. The SMILES string of the molecule is CCN1c2ccc3c(c2[C@H](C)[C@@H]1C)C[C@@H](C)[C@H]3C. The second-order valence-electron chi connectivity index (χ2n) is 6.35. The molecule has 0 radical (unpaired) electrons. The minimum absolute atomic E-state index is 0.655. The molecule has 4 atom stereocenters. The molecule has 0 saturated heterocycles. The molecule has 0 saturated carbocycles. The van der Waals surface area contributed by atoms with E-state index >= 15 is 0 Å². The highest BCUT2D eigenvalue weighted by Crippen LogP contribution is 2.49. The average Bonchev–Trinajstić information content (AvgIpc) is 2.77. The molecule has 98 valence electrons. The lowest BCUT2D eigenvalue weighted by Crippen LogP contribution is -2.30. The number of benzene rings is 1. The van der Waals surface area contributed by atoms with Gasteiger partial charge in [0.2, 0.25) is 0 Å². The summed E-state index contributed by atoms with van der Waals surface area (Å²) in [5, 5.41) is 0. The number of fused-ring (bicyclic) bond motifs is 3. The van der Waals surface area contributed by atoms with Crippen molar-refractivity contribution in [2.45, 2.75) is 58.9 Å². The van der Waals surface area contributed by atoms with E-state index in [1.54, 1.807) is 16.7 Å². The van der Waals surface area contributed by atoms with E-state index in [-0.39, 0.29) is 0 Å². The molecule has 1 heterocycles. The van der Waals surface area contributed by atoms with Crippen molar-refractivity contribution in [2.24, 2.45) is 5.92 Å². The number of anilines is 1. The number of hydrogen-bond donors (Lipinski definition) is 0. The van der Waals surface area contributed by atoms with Crippen molar-refractivity contribution >= 4 is 5.69 Å². The fraction of sp³-hybridized carbons (Fsp3) is 0.647. The number of rotatable bonds is 1. The van der Waals surface area contributed by atoms with Crippen LogP contribution in [-0.4, -0.2) is 12.6 Å². The van der Waals surface area contributed by atoms with Crippen molar-refractivity contribution in [3.05, 3.63) is 28.8 Å². The fourth-order valence-corrected chi connectivity index (χ4v) is 4.08. The van der Waals surface area contributed by atoms with E-state index < -0.39 is 0 Å². The molecule has 1 aromatic rings. The van der Waals surface area contributed by atoms with Crippen LogP contribution in [0.3, 0.4) is 0 Å². The Bertz CT molecular complexity index is 477. The lowest BCUT2D eigenvalue weighted by atomic mass is 9.91. The van der Waals surface area contributed by atoms with Gasteiger partial charge in [0.25, 0.3) is 0 Å². The van der Waals surface area contributed by atoms with E-state index in [2.05, 4.69) is 51.7 Å². The summed E-state index contributed by atoms with van der Waals surface area (Å²) in [5.41, 5.74) is 6.48. The molecule has 0 unspecified atom stereocenters. The Labute approximate surface area is 111 Å². The van der Waals surface area contributed by atoms with Crippen LogP contribution in [0.2, 0.25) is 0 Å². The molecule has 0 spiro atoms. The molecule has 0 N–H and O–H groups in total. The minimum Gasteiger partial charge on any atom is -0.368 e. The molecular formula is C17H25N. The number of nitrogens with zero attached hydrogens (tertiary/aromatic N) is 1. The van der Waals surface area contributed by atoms with Gasteiger partial charge in [-0.15, -0.1) is 0 Å². The van der Waals surface area contributed by atoms with Crippen LogP contribution in [0, 0.1) is 5.92 Å². The molecule has 0 fully saturated rings. The van der Waals surface area contributed by atoms with Crippen molar-refractivity contribution in [3.63, 3.8) is 0 Å². The quantitative estimate of drug-likeness (QED) is 0.710. The van der Waals surface area contributed by atoms with E-state index in [1.165, 1.54) is 12.1 Å². The second kappa shape index (κ2) is 4.01.